The summed E-state index contributed by atoms with van der Waals surface area (Å²) in [5.41, 5.74) is 4.49. The van der Waals surface area contributed by atoms with E-state index in [1.165, 1.54) is 11.1 Å². The third-order valence-corrected chi connectivity index (χ3v) is 7.11. The standard InChI is InChI=1S/C26H29N3O2S/c1-27-10-11-28(24(18-27)21-5-3-2-4-6-21)16-20-7-8-25-23(15-20)17-29(12-13-31-25)26(30)22-9-14-32-19-22/h2-9,14-15,19,24H,10-13,16-18H2,1H3/t24-/m1/s1. The van der Waals surface area contributed by atoms with Crippen LogP contribution in [0.15, 0.2) is 65.4 Å². The van der Waals surface area contributed by atoms with Gasteiger partial charge in [0.05, 0.1) is 12.1 Å². The molecule has 2 aliphatic heterocycles. The van der Waals surface area contributed by atoms with Gasteiger partial charge in [-0.05, 0) is 41.8 Å². The first-order valence-electron chi connectivity index (χ1n) is 11.2. The lowest BCUT2D eigenvalue weighted by Crippen LogP contribution is -2.46. The summed E-state index contributed by atoms with van der Waals surface area (Å²) in [7, 11) is 2.20. The minimum atomic E-state index is 0.0799. The molecule has 1 fully saturated rings. The molecule has 1 aromatic heterocycles. The quantitative estimate of drug-likeness (QED) is 0.598. The van der Waals surface area contributed by atoms with Crippen LogP contribution in [0.2, 0.25) is 0 Å². The van der Waals surface area contributed by atoms with Crippen LogP contribution in [0.1, 0.15) is 33.1 Å². The molecule has 0 unspecified atom stereocenters. The zero-order chi connectivity index (χ0) is 21.9. The van der Waals surface area contributed by atoms with Crippen molar-refractivity contribution in [1.29, 1.82) is 0 Å². The number of carbonyl (C=O) groups excluding carboxylic acids is 1. The summed E-state index contributed by atoms with van der Waals surface area (Å²) >= 11 is 1.56. The van der Waals surface area contributed by atoms with E-state index in [0.717, 1.165) is 43.1 Å². The number of nitrogens with zero attached hydrogens (tertiary/aromatic N) is 3. The summed E-state index contributed by atoms with van der Waals surface area (Å²) in [4.78, 5) is 19.8. The normalized spacial score (nSPS) is 19.8. The van der Waals surface area contributed by atoms with Gasteiger partial charge < -0.3 is 14.5 Å². The number of piperazine rings is 1. The van der Waals surface area contributed by atoms with Gasteiger partial charge in [-0.15, -0.1) is 0 Å². The summed E-state index contributed by atoms with van der Waals surface area (Å²) in [6.07, 6.45) is 0. The van der Waals surface area contributed by atoms with Crippen LogP contribution >= 0.6 is 11.3 Å². The van der Waals surface area contributed by atoms with Gasteiger partial charge in [-0.2, -0.15) is 11.3 Å². The molecular weight excluding hydrogens is 418 g/mol. The van der Waals surface area contributed by atoms with Crippen LogP contribution in [0, 0.1) is 0 Å². The van der Waals surface area contributed by atoms with Gasteiger partial charge in [0.15, 0.2) is 0 Å². The molecule has 5 rings (SSSR count). The molecular formula is C26H29N3O2S. The molecule has 0 saturated carbocycles. The zero-order valence-electron chi connectivity index (χ0n) is 18.4. The highest BCUT2D eigenvalue weighted by Crippen LogP contribution is 2.30. The molecule has 0 radical (unpaired) electrons. The summed E-state index contributed by atoms with van der Waals surface area (Å²) < 4.78 is 5.98. The fourth-order valence-electron chi connectivity index (χ4n) is 4.66. The Hall–Kier alpha value is -2.67. The number of hydrogen-bond acceptors (Lipinski definition) is 5. The van der Waals surface area contributed by atoms with Gasteiger partial charge in [0.25, 0.3) is 5.91 Å². The van der Waals surface area contributed by atoms with Gasteiger partial charge in [-0.25, -0.2) is 0 Å². The predicted molar refractivity (Wildman–Crippen MR) is 128 cm³/mol. The van der Waals surface area contributed by atoms with Crippen LogP contribution < -0.4 is 4.74 Å². The maximum absolute atomic E-state index is 12.9. The molecule has 0 spiro atoms. The Bertz CT molecular complexity index is 1050. The summed E-state index contributed by atoms with van der Waals surface area (Å²) in [5, 5.41) is 3.87. The first-order valence-corrected chi connectivity index (χ1v) is 12.2. The Morgan fingerprint density at radius 3 is 2.78 bits per heavy atom. The van der Waals surface area contributed by atoms with Gasteiger partial charge in [0, 0.05) is 49.7 Å². The highest BCUT2D eigenvalue weighted by Gasteiger charge is 2.27. The van der Waals surface area contributed by atoms with Crippen molar-refractivity contribution in [2.45, 2.75) is 19.1 Å². The molecule has 2 aliphatic rings. The maximum atomic E-state index is 12.9. The van der Waals surface area contributed by atoms with E-state index < -0.39 is 0 Å². The van der Waals surface area contributed by atoms with Crippen molar-refractivity contribution in [3.8, 4) is 5.75 Å². The molecule has 0 bridgehead atoms. The number of hydrogen-bond donors (Lipinski definition) is 0. The first kappa shape index (κ1) is 21.2. The van der Waals surface area contributed by atoms with Crippen molar-refractivity contribution in [1.82, 2.24) is 14.7 Å². The van der Waals surface area contributed by atoms with E-state index in [1.807, 2.05) is 21.7 Å². The fraction of sp³-hybridized carbons (Fsp3) is 0.346. The van der Waals surface area contributed by atoms with Gasteiger partial charge in [-0.1, -0.05) is 36.4 Å². The Morgan fingerprint density at radius 1 is 1.09 bits per heavy atom. The monoisotopic (exact) mass is 447 g/mol. The van der Waals surface area contributed by atoms with E-state index in [4.69, 9.17) is 4.74 Å². The highest BCUT2D eigenvalue weighted by molar-refractivity contribution is 7.08. The topological polar surface area (TPSA) is 36.0 Å². The number of benzene rings is 2. The van der Waals surface area contributed by atoms with E-state index in [0.29, 0.717) is 25.7 Å². The van der Waals surface area contributed by atoms with Crippen molar-refractivity contribution in [3.05, 3.63) is 87.6 Å². The lowest BCUT2D eigenvalue weighted by Gasteiger charge is -2.40. The average molecular weight is 448 g/mol. The number of rotatable bonds is 4. The molecule has 0 aliphatic carbocycles. The van der Waals surface area contributed by atoms with Crippen LogP contribution in [0.4, 0.5) is 0 Å². The molecule has 2 aromatic carbocycles. The van der Waals surface area contributed by atoms with Gasteiger partial charge in [-0.3, -0.25) is 9.69 Å². The summed E-state index contributed by atoms with van der Waals surface area (Å²) in [5.74, 6) is 0.976. The third-order valence-electron chi connectivity index (χ3n) is 6.42. The van der Waals surface area contributed by atoms with Gasteiger partial charge in [0.1, 0.15) is 12.4 Å². The van der Waals surface area contributed by atoms with Gasteiger partial charge in [0.2, 0.25) is 0 Å². The molecule has 3 heterocycles. The van der Waals surface area contributed by atoms with Crippen molar-refractivity contribution in [3.63, 3.8) is 0 Å². The van der Waals surface area contributed by atoms with Crippen LogP contribution in [0.3, 0.4) is 0 Å². The van der Waals surface area contributed by atoms with Crippen molar-refractivity contribution in [2.75, 3.05) is 39.8 Å². The number of thiophene rings is 1. The van der Waals surface area contributed by atoms with Crippen LogP contribution in [-0.2, 0) is 13.1 Å². The molecule has 0 N–H and O–H groups in total. The lowest BCUT2D eigenvalue weighted by molar-refractivity contribution is 0.0733. The van der Waals surface area contributed by atoms with Crippen LogP contribution in [0.5, 0.6) is 5.75 Å². The Morgan fingerprint density at radius 2 is 1.97 bits per heavy atom. The van der Waals surface area contributed by atoms with Crippen molar-refractivity contribution in [2.24, 2.45) is 0 Å². The molecule has 1 amide bonds. The second-order valence-electron chi connectivity index (χ2n) is 8.69. The van der Waals surface area contributed by atoms with E-state index in [-0.39, 0.29) is 5.91 Å². The smallest absolute Gasteiger partial charge is 0.255 e. The van der Waals surface area contributed by atoms with E-state index in [1.54, 1.807) is 11.3 Å². The number of likely N-dealkylation sites (N-methyl/N-ethyl adjacent to an activating group) is 1. The molecule has 5 nitrogen and oxygen atoms in total. The molecule has 166 valence electrons. The zero-order valence-corrected chi connectivity index (χ0v) is 19.3. The van der Waals surface area contributed by atoms with Crippen LogP contribution in [-0.4, -0.2) is 60.4 Å². The second-order valence-corrected chi connectivity index (χ2v) is 9.47. The largest absolute Gasteiger partial charge is 0.491 e. The average Bonchev–Trinajstić information content (AvgIpc) is 3.27. The minimum Gasteiger partial charge on any atom is -0.491 e. The summed E-state index contributed by atoms with van der Waals surface area (Å²) in [6, 6.07) is 19.6. The van der Waals surface area contributed by atoms with Gasteiger partial charge >= 0.3 is 0 Å². The summed E-state index contributed by atoms with van der Waals surface area (Å²) in [6.45, 7) is 5.74. The van der Waals surface area contributed by atoms with E-state index in [2.05, 4.69) is 65.4 Å². The molecule has 3 aromatic rings. The number of carbonyl (C=O) groups is 1. The van der Waals surface area contributed by atoms with Crippen LogP contribution in [0.25, 0.3) is 0 Å². The van der Waals surface area contributed by atoms with Crippen molar-refractivity contribution < 1.29 is 9.53 Å². The fourth-order valence-corrected chi connectivity index (χ4v) is 5.29. The lowest BCUT2D eigenvalue weighted by atomic mass is 10.0. The Kier molecular flexibility index (Phi) is 6.26. The number of fused-ring (bicyclic) bond motifs is 1. The molecule has 1 saturated heterocycles. The highest BCUT2D eigenvalue weighted by atomic mass is 32.1. The third kappa shape index (κ3) is 4.58. The van der Waals surface area contributed by atoms with E-state index in [9.17, 15) is 4.79 Å². The molecule has 1 atom stereocenters. The molecule has 6 heteroatoms. The Balaban J connectivity index is 1.36. The maximum Gasteiger partial charge on any atom is 0.255 e. The Labute approximate surface area is 193 Å². The van der Waals surface area contributed by atoms with E-state index >= 15 is 0 Å². The molecule has 32 heavy (non-hydrogen) atoms. The van der Waals surface area contributed by atoms with Crippen molar-refractivity contribution >= 4 is 17.2 Å². The predicted octanol–water partition coefficient (Wildman–Crippen LogP) is 4.27. The second kappa shape index (κ2) is 9.45. The first-order chi connectivity index (χ1) is 15.7. The minimum absolute atomic E-state index is 0.0799. The number of ether oxygens (including phenoxy) is 1. The SMILES string of the molecule is CN1CCN(Cc2ccc3c(c2)CN(C(=O)c2ccsc2)CCO3)[C@@H](c2ccccc2)C1. The number of amides is 1.